The first-order valence-electron chi connectivity index (χ1n) is 4.04. The molecule has 0 aliphatic heterocycles. The van der Waals surface area contributed by atoms with Crippen LogP contribution in [0.25, 0.3) is 0 Å². The lowest BCUT2D eigenvalue weighted by Gasteiger charge is -2.03. The molecule has 0 spiro atoms. The van der Waals surface area contributed by atoms with E-state index in [0.29, 0.717) is 24.9 Å². The Morgan fingerprint density at radius 1 is 1.42 bits per heavy atom. The van der Waals surface area contributed by atoms with Gasteiger partial charge in [-0.15, -0.1) is 0 Å². The van der Waals surface area contributed by atoms with Gasteiger partial charge in [-0.2, -0.15) is 0 Å². The molecule has 1 radical (unpaired) electrons. The number of rotatable bonds is 3. The topological polar surface area (TPSA) is 26.0 Å². The third-order valence-electron chi connectivity index (χ3n) is 1.79. The van der Waals surface area contributed by atoms with Crippen LogP contribution in [0.2, 0.25) is 0 Å². The Balaban J connectivity index is 2.91. The van der Waals surface area contributed by atoms with E-state index in [9.17, 15) is 4.39 Å². The summed E-state index contributed by atoms with van der Waals surface area (Å²) < 4.78 is 13.0. The number of nitrogens with two attached hydrogens (primary N) is 1. The highest BCUT2D eigenvalue weighted by molar-refractivity contribution is 5.25. The maximum Gasteiger partial charge on any atom is 0.126 e. The minimum atomic E-state index is -0.157. The Labute approximate surface area is 72.4 Å². The average molecular weight is 166 g/mol. The third kappa shape index (κ3) is 2.05. The molecule has 0 bridgehead atoms. The van der Waals surface area contributed by atoms with Gasteiger partial charge in [0.2, 0.25) is 0 Å². The molecule has 0 saturated carbocycles. The minimum Gasteiger partial charge on any atom is -0.326 e. The van der Waals surface area contributed by atoms with Crippen molar-refractivity contribution >= 4 is 0 Å². The van der Waals surface area contributed by atoms with Crippen molar-refractivity contribution in [3.8, 4) is 0 Å². The van der Waals surface area contributed by atoms with Crippen LogP contribution >= 0.6 is 0 Å². The molecule has 0 aliphatic rings. The summed E-state index contributed by atoms with van der Waals surface area (Å²) in [6, 6.07) is 4.98. The van der Waals surface area contributed by atoms with E-state index in [-0.39, 0.29) is 5.82 Å². The van der Waals surface area contributed by atoms with E-state index < -0.39 is 0 Å². The van der Waals surface area contributed by atoms with Gasteiger partial charge in [-0.3, -0.25) is 0 Å². The molecule has 0 unspecified atom stereocenters. The molecule has 2 N–H and O–H groups in total. The summed E-state index contributed by atoms with van der Waals surface area (Å²) in [6.45, 7) is 4.14. The maximum atomic E-state index is 13.0. The smallest absolute Gasteiger partial charge is 0.126 e. The normalized spacial score (nSPS) is 10.2. The minimum absolute atomic E-state index is 0.157. The predicted octanol–water partition coefficient (Wildman–Crippen LogP) is 2.05. The highest BCUT2D eigenvalue weighted by Gasteiger charge is 2.00. The molecule has 1 aromatic rings. The van der Waals surface area contributed by atoms with E-state index in [1.165, 1.54) is 6.07 Å². The van der Waals surface area contributed by atoms with E-state index in [1.54, 1.807) is 12.1 Å². The van der Waals surface area contributed by atoms with Gasteiger partial charge < -0.3 is 5.73 Å². The van der Waals surface area contributed by atoms with Crippen LogP contribution in [0.4, 0.5) is 4.39 Å². The molecule has 1 aromatic carbocycles. The van der Waals surface area contributed by atoms with Gasteiger partial charge in [0.25, 0.3) is 0 Å². The van der Waals surface area contributed by atoms with Gasteiger partial charge in [0, 0.05) is 6.54 Å². The standard InChI is InChI=1S/C10H13FN/c1-2-3-9-6-8(7-12)4-5-10(9)11/h4-6H,1-3,7,12H2. The van der Waals surface area contributed by atoms with Crippen LogP contribution in [-0.2, 0) is 13.0 Å². The summed E-state index contributed by atoms with van der Waals surface area (Å²) in [7, 11) is 0. The van der Waals surface area contributed by atoms with E-state index in [0.717, 1.165) is 5.56 Å². The highest BCUT2D eigenvalue weighted by Crippen LogP contribution is 2.11. The quantitative estimate of drug-likeness (QED) is 0.730. The molecule has 1 rings (SSSR count). The Morgan fingerprint density at radius 3 is 2.75 bits per heavy atom. The van der Waals surface area contributed by atoms with E-state index in [1.807, 2.05) is 0 Å². The summed E-state index contributed by atoms with van der Waals surface area (Å²) in [6.07, 6.45) is 1.39. The Morgan fingerprint density at radius 2 is 2.17 bits per heavy atom. The van der Waals surface area contributed by atoms with Crippen LogP contribution in [-0.4, -0.2) is 0 Å². The van der Waals surface area contributed by atoms with Crippen LogP contribution in [0.5, 0.6) is 0 Å². The van der Waals surface area contributed by atoms with Crippen molar-refractivity contribution < 1.29 is 4.39 Å². The fraction of sp³-hybridized carbons (Fsp3) is 0.300. The van der Waals surface area contributed by atoms with E-state index in [2.05, 4.69) is 6.92 Å². The zero-order valence-electron chi connectivity index (χ0n) is 7.02. The zero-order valence-corrected chi connectivity index (χ0v) is 7.02. The second kappa shape index (κ2) is 4.21. The average Bonchev–Trinajstić information content (AvgIpc) is 2.09. The van der Waals surface area contributed by atoms with Gasteiger partial charge in [0.1, 0.15) is 5.82 Å². The molecule has 12 heavy (non-hydrogen) atoms. The molecular weight excluding hydrogens is 153 g/mol. The van der Waals surface area contributed by atoms with Crippen molar-refractivity contribution in [1.82, 2.24) is 0 Å². The van der Waals surface area contributed by atoms with Crippen molar-refractivity contribution in [3.05, 3.63) is 42.1 Å². The first-order chi connectivity index (χ1) is 5.77. The van der Waals surface area contributed by atoms with Gasteiger partial charge in [-0.05, 0) is 30.0 Å². The third-order valence-corrected chi connectivity index (χ3v) is 1.79. The lowest BCUT2D eigenvalue weighted by molar-refractivity contribution is 0.608. The number of aryl methyl sites for hydroxylation is 1. The second-order valence-corrected chi connectivity index (χ2v) is 2.73. The summed E-state index contributed by atoms with van der Waals surface area (Å²) in [5, 5.41) is 0. The molecule has 2 heteroatoms. The van der Waals surface area contributed by atoms with Crippen molar-refractivity contribution in [2.75, 3.05) is 0 Å². The fourth-order valence-electron chi connectivity index (χ4n) is 1.14. The van der Waals surface area contributed by atoms with E-state index >= 15 is 0 Å². The van der Waals surface area contributed by atoms with Gasteiger partial charge in [-0.25, -0.2) is 4.39 Å². The molecule has 0 fully saturated rings. The number of hydrogen-bond acceptors (Lipinski definition) is 1. The molecule has 65 valence electrons. The SMILES string of the molecule is [CH2]CCc1cc(CN)ccc1F. The molecule has 0 aromatic heterocycles. The zero-order chi connectivity index (χ0) is 8.97. The first-order valence-corrected chi connectivity index (χ1v) is 4.04. The van der Waals surface area contributed by atoms with Crippen molar-refractivity contribution in [2.24, 2.45) is 5.73 Å². The maximum absolute atomic E-state index is 13.0. The molecule has 0 saturated heterocycles. The van der Waals surface area contributed by atoms with E-state index in [4.69, 9.17) is 5.73 Å². The molecule has 1 nitrogen and oxygen atoms in total. The number of benzene rings is 1. The van der Waals surface area contributed by atoms with Crippen LogP contribution < -0.4 is 5.73 Å². The Bertz CT molecular complexity index is 258. The summed E-state index contributed by atoms with van der Waals surface area (Å²) >= 11 is 0. The molecule has 0 amide bonds. The molecular formula is C10H13FN. The number of halogens is 1. The van der Waals surface area contributed by atoms with Crippen LogP contribution in [0, 0.1) is 12.7 Å². The molecule has 0 heterocycles. The van der Waals surface area contributed by atoms with Gasteiger partial charge in [-0.1, -0.05) is 19.1 Å². The van der Waals surface area contributed by atoms with Crippen LogP contribution in [0.3, 0.4) is 0 Å². The van der Waals surface area contributed by atoms with Crippen molar-refractivity contribution in [2.45, 2.75) is 19.4 Å². The van der Waals surface area contributed by atoms with Gasteiger partial charge in [0.05, 0.1) is 0 Å². The molecule has 0 aliphatic carbocycles. The summed E-state index contributed by atoms with van der Waals surface area (Å²) in [5.74, 6) is -0.157. The van der Waals surface area contributed by atoms with Crippen LogP contribution in [0.1, 0.15) is 17.5 Å². The van der Waals surface area contributed by atoms with Crippen LogP contribution in [0.15, 0.2) is 18.2 Å². The largest absolute Gasteiger partial charge is 0.326 e. The van der Waals surface area contributed by atoms with Gasteiger partial charge in [0.15, 0.2) is 0 Å². The summed E-state index contributed by atoms with van der Waals surface area (Å²) in [5.41, 5.74) is 7.11. The Hall–Kier alpha value is -0.890. The highest BCUT2D eigenvalue weighted by atomic mass is 19.1. The molecule has 0 atom stereocenters. The monoisotopic (exact) mass is 166 g/mol. The first kappa shape index (κ1) is 9.20. The Kier molecular flexibility index (Phi) is 3.23. The second-order valence-electron chi connectivity index (χ2n) is 2.73. The number of hydrogen-bond donors (Lipinski definition) is 1. The van der Waals surface area contributed by atoms with Gasteiger partial charge >= 0.3 is 0 Å². The predicted molar refractivity (Wildman–Crippen MR) is 48.0 cm³/mol. The summed E-state index contributed by atoms with van der Waals surface area (Å²) in [4.78, 5) is 0. The lowest BCUT2D eigenvalue weighted by atomic mass is 10.1. The fourth-order valence-corrected chi connectivity index (χ4v) is 1.14. The van der Waals surface area contributed by atoms with Crippen molar-refractivity contribution in [1.29, 1.82) is 0 Å². The lowest BCUT2D eigenvalue weighted by Crippen LogP contribution is -1.99. The van der Waals surface area contributed by atoms with Crippen molar-refractivity contribution in [3.63, 3.8) is 0 Å².